The quantitative estimate of drug-likeness (QED) is 0.867. The minimum atomic E-state index is 0.695. The molecule has 90 valence electrons. The van der Waals surface area contributed by atoms with Crippen LogP contribution in [0.2, 0.25) is 0 Å². The summed E-state index contributed by atoms with van der Waals surface area (Å²) in [7, 11) is 2.02. The summed E-state index contributed by atoms with van der Waals surface area (Å²) in [6.45, 7) is 5.63. The van der Waals surface area contributed by atoms with Gasteiger partial charge in [0.15, 0.2) is 0 Å². The number of aromatic nitrogens is 1. The van der Waals surface area contributed by atoms with Crippen LogP contribution in [0.25, 0.3) is 0 Å². The Morgan fingerprint density at radius 3 is 2.69 bits per heavy atom. The fraction of sp³-hybridized carbons (Fsp3) is 0.615. The van der Waals surface area contributed by atoms with Crippen LogP contribution in [0.3, 0.4) is 0 Å². The third kappa shape index (κ3) is 5.08. The second-order valence-corrected chi connectivity index (χ2v) is 5.68. The average molecular weight is 285 g/mol. The van der Waals surface area contributed by atoms with Crippen molar-refractivity contribution >= 4 is 15.9 Å². The second kappa shape index (κ2) is 7.02. The van der Waals surface area contributed by atoms with Gasteiger partial charge in [0.1, 0.15) is 0 Å². The summed E-state index contributed by atoms with van der Waals surface area (Å²) in [4.78, 5) is 4.21. The molecule has 0 aliphatic heterocycles. The van der Waals surface area contributed by atoms with Crippen LogP contribution in [0.1, 0.15) is 25.8 Å². The molecule has 16 heavy (non-hydrogen) atoms. The van der Waals surface area contributed by atoms with Gasteiger partial charge in [-0.15, -0.1) is 0 Å². The third-order valence-electron chi connectivity index (χ3n) is 2.58. The van der Waals surface area contributed by atoms with Crippen LogP contribution < -0.4 is 5.32 Å². The first-order chi connectivity index (χ1) is 7.61. The van der Waals surface area contributed by atoms with Gasteiger partial charge in [-0.1, -0.05) is 13.8 Å². The fourth-order valence-electron chi connectivity index (χ4n) is 2.09. The van der Waals surface area contributed by atoms with Crippen molar-refractivity contribution in [2.24, 2.45) is 11.8 Å². The predicted molar refractivity (Wildman–Crippen MR) is 72.5 cm³/mol. The van der Waals surface area contributed by atoms with E-state index in [1.54, 1.807) is 0 Å². The van der Waals surface area contributed by atoms with Gasteiger partial charge in [0.25, 0.3) is 0 Å². The van der Waals surface area contributed by atoms with Gasteiger partial charge in [0, 0.05) is 16.9 Å². The number of nitrogens with one attached hydrogen (secondary N) is 1. The van der Waals surface area contributed by atoms with E-state index in [-0.39, 0.29) is 0 Å². The summed E-state index contributed by atoms with van der Waals surface area (Å²) in [5.41, 5.74) is 1.32. The molecule has 0 saturated heterocycles. The van der Waals surface area contributed by atoms with E-state index in [2.05, 4.69) is 46.1 Å². The van der Waals surface area contributed by atoms with E-state index in [0.717, 1.165) is 23.4 Å². The SMILES string of the molecule is CNCC(Cc1cncc(Br)c1)CC(C)C. The number of nitrogens with zero attached hydrogens (tertiary/aromatic N) is 1. The number of halogens is 1. The summed E-state index contributed by atoms with van der Waals surface area (Å²) < 4.78 is 1.07. The van der Waals surface area contributed by atoms with Crippen molar-refractivity contribution in [3.05, 3.63) is 28.5 Å². The molecule has 1 rings (SSSR count). The highest BCUT2D eigenvalue weighted by Crippen LogP contribution is 2.18. The van der Waals surface area contributed by atoms with E-state index in [9.17, 15) is 0 Å². The maximum atomic E-state index is 4.21. The molecule has 1 atom stereocenters. The first-order valence-corrected chi connectivity index (χ1v) is 6.65. The van der Waals surface area contributed by atoms with Crippen LogP contribution in [-0.4, -0.2) is 18.6 Å². The summed E-state index contributed by atoms with van der Waals surface area (Å²) >= 11 is 3.46. The van der Waals surface area contributed by atoms with Crippen LogP contribution >= 0.6 is 15.9 Å². The molecule has 1 heterocycles. The molecule has 0 radical (unpaired) electrons. The highest BCUT2D eigenvalue weighted by Gasteiger charge is 2.11. The van der Waals surface area contributed by atoms with E-state index in [4.69, 9.17) is 0 Å². The van der Waals surface area contributed by atoms with Gasteiger partial charge in [0.05, 0.1) is 0 Å². The van der Waals surface area contributed by atoms with E-state index < -0.39 is 0 Å². The summed E-state index contributed by atoms with van der Waals surface area (Å²) in [5.74, 6) is 1.44. The molecule has 0 amide bonds. The maximum absolute atomic E-state index is 4.21. The fourth-order valence-corrected chi connectivity index (χ4v) is 2.51. The van der Waals surface area contributed by atoms with Gasteiger partial charge in [-0.05, 0) is 65.8 Å². The normalized spacial score (nSPS) is 13.1. The Labute approximate surface area is 107 Å². The number of pyridine rings is 1. The van der Waals surface area contributed by atoms with Gasteiger partial charge < -0.3 is 5.32 Å². The molecule has 0 aliphatic carbocycles. The molecule has 1 aromatic rings. The van der Waals surface area contributed by atoms with Crippen LogP contribution in [0.15, 0.2) is 22.9 Å². The predicted octanol–water partition coefficient (Wildman–Crippen LogP) is 3.27. The van der Waals surface area contributed by atoms with E-state index >= 15 is 0 Å². The third-order valence-corrected chi connectivity index (χ3v) is 3.02. The van der Waals surface area contributed by atoms with Gasteiger partial charge in [-0.25, -0.2) is 0 Å². The number of rotatable bonds is 6. The summed E-state index contributed by atoms with van der Waals surface area (Å²) in [5, 5.41) is 3.28. The minimum absolute atomic E-state index is 0.695. The highest BCUT2D eigenvalue weighted by atomic mass is 79.9. The minimum Gasteiger partial charge on any atom is -0.319 e. The monoisotopic (exact) mass is 284 g/mol. The lowest BCUT2D eigenvalue weighted by molar-refractivity contribution is 0.395. The molecular weight excluding hydrogens is 264 g/mol. The van der Waals surface area contributed by atoms with Crippen molar-refractivity contribution in [2.75, 3.05) is 13.6 Å². The highest BCUT2D eigenvalue weighted by molar-refractivity contribution is 9.10. The largest absolute Gasteiger partial charge is 0.319 e. The summed E-state index contributed by atoms with van der Waals surface area (Å²) in [6.07, 6.45) is 6.16. The number of hydrogen-bond acceptors (Lipinski definition) is 2. The Bertz CT molecular complexity index is 313. The zero-order valence-electron chi connectivity index (χ0n) is 10.3. The average Bonchev–Trinajstić information content (AvgIpc) is 2.16. The Hall–Kier alpha value is -0.410. The first-order valence-electron chi connectivity index (χ1n) is 5.85. The van der Waals surface area contributed by atoms with Gasteiger partial charge >= 0.3 is 0 Å². The van der Waals surface area contributed by atoms with Crippen molar-refractivity contribution in [3.8, 4) is 0 Å². The number of hydrogen-bond donors (Lipinski definition) is 1. The summed E-state index contributed by atoms with van der Waals surface area (Å²) in [6, 6.07) is 2.16. The molecule has 0 aliphatic rings. The molecule has 1 unspecified atom stereocenters. The Morgan fingerprint density at radius 2 is 2.12 bits per heavy atom. The van der Waals surface area contributed by atoms with Crippen LogP contribution in [-0.2, 0) is 6.42 Å². The zero-order chi connectivity index (χ0) is 12.0. The lowest BCUT2D eigenvalue weighted by atomic mass is 9.91. The van der Waals surface area contributed by atoms with Gasteiger partial charge in [-0.3, -0.25) is 4.98 Å². The van der Waals surface area contributed by atoms with Gasteiger partial charge in [0.2, 0.25) is 0 Å². The Balaban J connectivity index is 2.60. The smallest absolute Gasteiger partial charge is 0.0410 e. The van der Waals surface area contributed by atoms with E-state index in [1.807, 2.05) is 19.4 Å². The molecule has 0 fully saturated rings. The van der Waals surface area contributed by atoms with Crippen LogP contribution in [0.5, 0.6) is 0 Å². The van der Waals surface area contributed by atoms with Crippen molar-refractivity contribution in [2.45, 2.75) is 26.7 Å². The Kier molecular flexibility index (Phi) is 5.99. The molecule has 0 aromatic carbocycles. The van der Waals surface area contributed by atoms with Crippen molar-refractivity contribution in [1.29, 1.82) is 0 Å². The molecule has 2 nitrogen and oxygen atoms in total. The lowest BCUT2D eigenvalue weighted by Crippen LogP contribution is -2.22. The molecule has 0 bridgehead atoms. The van der Waals surface area contributed by atoms with Crippen LogP contribution in [0, 0.1) is 11.8 Å². The Morgan fingerprint density at radius 1 is 1.38 bits per heavy atom. The lowest BCUT2D eigenvalue weighted by Gasteiger charge is -2.18. The van der Waals surface area contributed by atoms with E-state index in [1.165, 1.54) is 12.0 Å². The van der Waals surface area contributed by atoms with Crippen molar-refractivity contribution in [1.82, 2.24) is 10.3 Å². The zero-order valence-corrected chi connectivity index (χ0v) is 11.9. The standard InChI is InChI=1S/C13H21BrN2/c1-10(2)4-11(7-15-3)5-12-6-13(14)9-16-8-12/h6,8-11,15H,4-5,7H2,1-3H3. The van der Waals surface area contributed by atoms with Crippen LogP contribution in [0.4, 0.5) is 0 Å². The molecular formula is C13H21BrN2. The van der Waals surface area contributed by atoms with E-state index in [0.29, 0.717) is 5.92 Å². The first kappa shape index (κ1) is 13.7. The molecule has 1 N–H and O–H groups in total. The second-order valence-electron chi connectivity index (χ2n) is 4.77. The maximum Gasteiger partial charge on any atom is 0.0410 e. The van der Waals surface area contributed by atoms with Crippen molar-refractivity contribution < 1.29 is 0 Å². The topological polar surface area (TPSA) is 24.9 Å². The van der Waals surface area contributed by atoms with Crippen molar-refractivity contribution in [3.63, 3.8) is 0 Å². The molecule has 0 saturated carbocycles. The van der Waals surface area contributed by atoms with Gasteiger partial charge in [-0.2, -0.15) is 0 Å². The molecule has 1 aromatic heterocycles. The molecule has 3 heteroatoms. The molecule has 0 spiro atoms.